The Morgan fingerprint density at radius 2 is 2.00 bits per heavy atom. The molecule has 0 aromatic carbocycles. The average Bonchev–Trinajstić information content (AvgIpc) is 2.90. The van der Waals surface area contributed by atoms with Crippen molar-refractivity contribution in [1.29, 1.82) is 0 Å². The van der Waals surface area contributed by atoms with Gasteiger partial charge < -0.3 is 4.98 Å². The van der Waals surface area contributed by atoms with Gasteiger partial charge in [-0.05, 0) is 10.4 Å². The molecule has 3 aromatic rings. The van der Waals surface area contributed by atoms with E-state index in [4.69, 9.17) is 0 Å². The number of halogens is 3. The number of aryl methyl sites for hydroxylation is 1. The summed E-state index contributed by atoms with van der Waals surface area (Å²) in [5.41, 5.74) is -0.983. The second kappa shape index (κ2) is 3.05. The highest BCUT2D eigenvalue weighted by atomic mass is 19.4. The fourth-order valence-corrected chi connectivity index (χ4v) is 1.60. The van der Waals surface area contributed by atoms with E-state index in [9.17, 15) is 18.0 Å². The Hall–Kier alpha value is -2.46. The van der Waals surface area contributed by atoms with Crippen LogP contribution in [0.1, 0.15) is 5.82 Å². The van der Waals surface area contributed by atoms with Crippen LogP contribution in [0.2, 0.25) is 0 Å². The Balaban J connectivity index is 2.53. The molecule has 0 unspecified atom stereocenters. The van der Waals surface area contributed by atoms with E-state index in [0.29, 0.717) is 0 Å². The molecule has 3 heterocycles. The zero-order valence-electron chi connectivity index (χ0n) is 8.73. The summed E-state index contributed by atoms with van der Waals surface area (Å²) in [6.45, 7) is 0. The van der Waals surface area contributed by atoms with E-state index in [1.807, 2.05) is 0 Å². The standard InChI is InChI=1S/C7H4F3N7O/c1-16-3-2(11-5(12-3)7(8,9)10)4-13-14-15-17(4)6(16)18/h1H3,(H,11,12). The number of H-pyrrole nitrogens is 1. The molecule has 0 radical (unpaired) electrons. The second-order valence-corrected chi connectivity index (χ2v) is 3.54. The number of fused-ring (bicyclic) bond motifs is 3. The first kappa shape index (κ1) is 10.7. The Morgan fingerprint density at radius 3 is 2.67 bits per heavy atom. The number of nitrogens with zero attached hydrogens (tertiary/aromatic N) is 6. The molecule has 1 N–H and O–H groups in total. The van der Waals surface area contributed by atoms with Crippen molar-refractivity contribution in [3.8, 4) is 0 Å². The smallest absolute Gasteiger partial charge is 0.330 e. The molecule has 0 saturated heterocycles. The number of tetrazole rings is 1. The van der Waals surface area contributed by atoms with Crippen LogP contribution in [0.3, 0.4) is 0 Å². The normalized spacial score (nSPS) is 12.7. The topological polar surface area (TPSA) is 93.8 Å². The van der Waals surface area contributed by atoms with Crippen LogP contribution in [-0.4, -0.2) is 34.6 Å². The number of hydrogen-bond donors (Lipinski definition) is 1. The van der Waals surface area contributed by atoms with Gasteiger partial charge in [0.25, 0.3) is 0 Å². The van der Waals surface area contributed by atoms with Crippen LogP contribution in [0, 0.1) is 0 Å². The van der Waals surface area contributed by atoms with Crippen molar-refractivity contribution in [3.05, 3.63) is 16.3 Å². The van der Waals surface area contributed by atoms with Crippen LogP contribution < -0.4 is 5.69 Å². The van der Waals surface area contributed by atoms with E-state index in [2.05, 4.69) is 25.5 Å². The molecule has 94 valence electrons. The minimum absolute atomic E-state index is 0.0468. The molecule has 8 nitrogen and oxygen atoms in total. The lowest BCUT2D eigenvalue weighted by atomic mass is 10.5. The van der Waals surface area contributed by atoms with Crippen molar-refractivity contribution in [1.82, 2.24) is 34.6 Å². The van der Waals surface area contributed by atoms with E-state index in [1.165, 1.54) is 7.05 Å². The van der Waals surface area contributed by atoms with E-state index >= 15 is 0 Å². The monoisotopic (exact) mass is 259 g/mol. The Morgan fingerprint density at radius 1 is 1.28 bits per heavy atom. The molecule has 0 aliphatic heterocycles. The van der Waals surface area contributed by atoms with Gasteiger partial charge in [-0.2, -0.15) is 13.2 Å². The maximum absolute atomic E-state index is 12.5. The highest BCUT2D eigenvalue weighted by Gasteiger charge is 2.35. The van der Waals surface area contributed by atoms with Gasteiger partial charge in [-0.1, -0.05) is 0 Å². The molecule has 0 atom stereocenters. The maximum Gasteiger partial charge on any atom is 0.449 e. The van der Waals surface area contributed by atoms with Gasteiger partial charge in [0.2, 0.25) is 11.5 Å². The quantitative estimate of drug-likeness (QED) is 0.599. The van der Waals surface area contributed by atoms with Crippen molar-refractivity contribution in [2.75, 3.05) is 0 Å². The third-order valence-electron chi connectivity index (χ3n) is 2.43. The molecule has 0 aliphatic carbocycles. The predicted molar refractivity (Wildman–Crippen MR) is 50.7 cm³/mol. The first-order valence-electron chi connectivity index (χ1n) is 4.63. The molecule has 0 amide bonds. The van der Waals surface area contributed by atoms with Gasteiger partial charge in [-0.25, -0.2) is 9.78 Å². The molecule has 3 rings (SSSR count). The van der Waals surface area contributed by atoms with Gasteiger partial charge in [0.1, 0.15) is 5.52 Å². The van der Waals surface area contributed by atoms with Crippen molar-refractivity contribution >= 4 is 16.8 Å². The zero-order chi connectivity index (χ0) is 13.1. The van der Waals surface area contributed by atoms with Crippen molar-refractivity contribution < 1.29 is 13.2 Å². The summed E-state index contributed by atoms with van der Waals surface area (Å²) in [5.74, 6) is -1.20. The van der Waals surface area contributed by atoms with Gasteiger partial charge in [0.15, 0.2) is 5.65 Å². The number of rotatable bonds is 0. The average molecular weight is 259 g/mol. The van der Waals surface area contributed by atoms with Crippen molar-refractivity contribution in [2.24, 2.45) is 7.05 Å². The van der Waals surface area contributed by atoms with E-state index in [1.54, 1.807) is 0 Å². The summed E-state index contributed by atoms with van der Waals surface area (Å²) >= 11 is 0. The summed E-state index contributed by atoms with van der Waals surface area (Å²) in [7, 11) is 1.28. The summed E-state index contributed by atoms with van der Waals surface area (Å²) in [6, 6.07) is 0. The second-order valence-electron chi connectivity index (χ2n) is 3.54. The highest BCUT2D eigenvalue weighted by Crippen LogP contribution is 2.28. The molecular weight excluding hydrogens is 255 g/mol. The van der Waals surface area contributed by atoms with Crippen LogP contribution in [0.25, 0.3) is 16.8 Å². The molecule has 11 heteroatoms. The molecule has 0 bridgehead atoms. The predicted octanol–water partition coefficient (Wildman–Crippen LogP) is -0.282. The van der Waals surface area contributed by atoms with Crippen LogP contribution in [0.15, 0.2) is 4.79 Å². The highest BCUT2D eigenvalue weighted by molar-refractivity contribution is 5.85. The molecule has 18 heavy (non-hydrogen) atoms. The first-order chi connectivity index (χ1) is 8.39. The van der Waals surface area contributed by atoms with Gasteiger partial charge in [0.05, 0.1) is 0 Å². The van der Waals surface area contributed by atoms with Crippen LogP contribution in [0.5, 0.6) is 0 Å². The Labute approximate surface area is 95.0 Å². The lowest BCUT2D eigenvalue weighted by molar-refractivity contribution is -0.144. The van der Waals surface area contributed by atoms with Crippen LogP contribution in [-0.2, 0) is 13.2 Å². The van der Waals surface area contributed by atoms with Crippen molar-refractivity contribution in [3.63, 3.8) is 0 Å². The van der Waals surface area contributed by atoms with Gasteiger partial charge >= 0.3 is 11.9 Å². The van der Waals surface area contributed by atoms with E-state index in [0.717, 1.165) is 9.08 Å². The third kappa shape index (κ3) is 1.23. The first-order valence-corrected chi connectivity index (χ1v) is 4.63. The van der Waals surface area contributed by atoms with Crippen molar-refractivity contribution in [2.45, 2.75) is 6.18 Å². The van der Waals surface area contributed by atoms with Gasteiger partial charge in [0, 0.05) is 7.05 Å². The Kier molecular flexibility index (Phi) is 1.81. The maximum atomic E-state index is 12.5. The minimum Gasteiger partial charge on any atom is -0.330 e. The molecule has 3 aromatic heterocycles. The summed E-state index contributed by atoms with van der Waals surface area (Å²) in [4.78, 5) is 17.1. The number of aromatic amines is 1. The third-order valence-corrected chi connectivity index (χ3v) is 2.43. The molecule has 0 spiro atoms. The lowest BCUT2D eigenvalue weighted by Crippen LogP contribution is -2.25. The fourth-order valence-electron chi connectivity index (χ4n) is 1.60. The number of hydrogen-bond acceptors (Lipinski definition) is 5. The van der Waals surface area contributed by atoms with Gasteiger partial charge in [-0.3, -0.25) is 4.57 Å². The van der Waals surface area contributed by atoms with E-state index < -0.39 is 17.7 Å². The minimum atomic E-state index is -4.64. The largest absolute Gasteiger partial charge is 0.449 e. The number of alkyl halides is 3. The van der Waals surface area contributed by atoms with Crippen LogP contribution >= 0.6 is 0 Å². The lowest BCUT2D eigenvalue weighted by Gasteiger charge is -1.98. The zero-order valence-corrected chi connectivity index (χ0v) is 8.73. The van der Waals surface area contributed by atoms with Gasteiger partial charge in [-0.15, -0.1) is 9.61 Å². The molecular formula is C7H4F3N7O. The number of imidazole rings is 1. The SMILES string of the molecule is Cn1c(=O)n2nnnc2c2[nH]c(C(F)(F)F)nc21. The summed E-state index contributed by atoms with van der Waals surface area (Å²) < 4.78 is 39.4. The number of aromatic nitrogens is 7. The van der Waals surface area contributed by atoms with Crippen LogP contribution in [0.4, 0.5) is 13.2 Å². The summed E-state index contributed by atoms with van der Waals surface area (Å²) in [6.07, 6.45) is -4.64. The Bertz CT molecular complexity index is 810. The molecule has 0 saturated carbocycles. The fraction of sp³-hybridized carbons (Fsp3) is 0.286. The summed E-state index contributed by atoms with van der Waals surface area (Å²) in [5, 5.41) is 10.1. The number of nitrogens with one attached hydrogen (secondary N) is 1. The molecule has 0 fully saturated rings. The molecule has 0 aliphatic rings. The van der Waals surface area contributed by atoms with E-state index in [-0.39, 0.29) is 16.8 Å².